The SMILES string of the molecule is CC(C)n1ncc2c1C(=O)CCC2. The van der Waals surface area contributed by atoms with E-state index in [0.29, 0.717) is 6.42 Å². The summed E-state index contributed by atoms with van der Waals surface area (Å²) in [5, 5.41) is 4.24. The average molecular weight is 178 g/mol. The fourth-order valence-corrected chi connectivity index (χ4v) is 1.84. The van der Waals surface area contributed by atoms with E-state index in [1.165, 1.54) is 0 Å². The van der Waals surface area contributed by atoms with Crippen LogP contribution in [0, 0.1) is 0 Å². The summed E-state index contributed by atoms with van der Waals surface area (Å²) in [6, 6.07) is 0.283. The van der Waals surface area contributed by atoms with Crippen molar-refractivity contribution >= 4 is 5.78 Å². The van der Waals surface area contributed by atoms with E-state index in [1.807, 2.05) is 10.9 Å². The lowest BCUT2D eigenvalue weighted by Gasteiger charge is -2.14. The van der Waals surface area contributed by atoms with E-state index in [2.05, 4.69) is 18.9 Å². The zero-order valence-corrected chi connectivity index (χ0v) is 8.08. The van der Waals surface area contributed by atoms with Crippen LogP contribution in [0.2, 0.25) is 0 Å². The first-order chi connectivity index (χ1) is 6.20. The highest BCUT2D eigenvalue weighted by Gasteiger charge is 2.23. The lowest BCUT2D eigenvalue weighted by atomic mass is 9.97. The van der Waals surface area contributed by atoms with Gasteiger partial charge >= 0.3 is 0 Å². The molecule has 70 valence electrons. The Balaban J connectivity index is 2.50. The molecule has 1 aromatic rings. The number of hydrogen-bond acceptors (Lipinski definition) is 2. The van der Waals surface area contributed by atoms with Crippen LogP contribution < -0.4 is 0 Å². The van der Waals surface area contributed by atoms with Gasteiger partial charge in [-0.05, 0) is 26.7 Å². The van der Waals surface area contributed by atoms with E-state index in [9.17, 15) is 4.79 Å². The third-order valence-electron chi connectivity index (χ3n) is 2.47. The highest BCUT2D eigenvalue weighted by molar-refractivity contribution is 5.96. The van der Waals surface area contributed by atoms with Crippen molar-refractivity contribution < 1.29 is 4.79 Å². The van der Waals surface area contributed by atoms with E-state index in [1.54, 1.807) is 0 Å². The lowest BCUT2D eigenvalue weighted by molar-refractivity contribution is 0.0960. The second-order valence-corrected chi connectivity index (χ2v) is 3.83. The summed E-state index contributed by atoms with van der Waals surface area (Å²) in [5.41, 5.74) is 1.98. The van der Waals surface area contributed by atoms with Crippen LogP contribution in [-0.2, 0) is 6.42 Å². The number of aryl methyl sites for hydroxylation is 1. The molecular formula is C10H14N2O. The van der Waals surface area contributed by atoms with Crippen LogP contribution in [0.4, 0.5) is 0 Å². The molecule has 1 aliphatic rings. The average Bonchev–Trinajstić information content (AvgIpc) is 2.49. The molecule has 0 aromatic carbocycles. The van der Waals surface area contributed by atoms with Gasteiger partial charge in [0, 0.05) is 18.0 Å². The maximum atomic E-state index is 11.6. The molecule has 3 nitrogen and oxygen atoms in total. The zero-order chi connectivity index (χ0) is 9.42. The molecule has 0 fully saturated rings. The van der Waals surface area contributed by atoms with Gasteiger partial charge in [0.05, 0.1) is 6.20 Å². The Morgan fingerprint density at radius 1 is 1.46 bits per heavy atom. The normalized spacial score (nSPS) is 16.4. The monoisotopic (exact) mass is 178 g/mol. The summed E-state index contributed by atoms with van der Waals surface area (Å²) < 4.78 is 1.84. The van der Waals surface area contributed by atoms with Gasteiger partial charge in [0.1, 0.15) is 5.69 Å². The molecule has 0 spiro atoms. The highest BCUT2D eigenvalue weighted by atomic mass is 16.1. The molecule has 0 amide bonds. The number of ketones is 1. The van der Waals surface area contributed by atoms with Crippen LogP contribution in [0.3, 0.4) is 0 Å². The molecule has 0 saturated carbocycles. The fourth-order valence-electron chi connectivity index (χ4n) is 1.84. The fraction of sp³-hybridized carbons (Fsp3) is 0.600. The Hall–Kier alpha value is -1.12. The molecule has 0 atom stereocenters. The molecule has 0 N–H and O–H groups in total. The molecule has 2 rings (SSSR count). The number of carbonyl (C=O) groups excluding carboxylic acids is 1. The van der Waals surface area contributed by atoms with Crippen LogP contribution in [0.5, 0.6) is 0 Å². The highest BCUT2D eigenvalue weighted by Crippen LogP contribution is 2.22. The number of hydrogen-bond donors (Lipinski definition) is 0. The minimum Gasteiger partial charge on any atom is -0.292 e. The quantitative estimate of drug-likeness (QED) is 0.659. The Labute approximate surface area is 77.7 Å². The molecule has 0 radical (unpaired) electrons. The molecule has 0 bridgehead atoms. The maximum Gasteiger partial charge on any atom is 0.181 e. The Bertz CT molecular complexity index is 339. The number of aromatic nitrogens is 2. The molecule has 1 aromatic heterocycles. The van der Waals surface area contributed by atoms with Gasteiger partial charge in [-0.15, -0.1) is 0 Å². The maximum absolute atomic E-state index is 11.6. The first-order valence-corrected chi connectivity index (χ1v) is 4.79. The molecule has 0 saturated heterocycles. The topological polar surface area (TPSA) is 34.9 Å². The van der Waals surface area contributed by atoms with Crippen LogP contribution in [-0.4, -0.2) is 15.6 Å². The van der Waals surface area contributed by atoms with Gasteiger partial charge in [-0.2, -0.15) is 5.10 Å². The van der Waals surface area contributed by atoms with Crippen molar-refractivity contribution in [2.45, 2.75) is 39.2 Å². The van der Waals surface area contributed by atoms with Crippen LogP contribution in [0.15, 0.2) is 6.20 Å². The van der Waals surface area contributed by atoms with Gasteiger partial charge in [0.25, 0.3) is 0 Å². The van der Waals surface area contributed by atoms with Crippen molar-refractivity contribution in [2.24, 2.45) is 0 Å². The summed E-state index contributed by atoms with van der Waals surface area (Å²) in [7, 11) is 0. The largest absolute Gasteiger partial charge is 0.292 e. The molecule has 1 aliphatic carbocycles. The molecule has 3 heteroatoms. The summed E-state index contributed by atoms with van der Waals surface area (Å²) in [4.78, 5) is 11.6. The number of Topliss-reactive ketones (excluding diaryl/α,β-unsaturated/α-hetero) is 1. The molecular weight excluding hydrogens is 164 g/mol. The molecule has 13 heavy (non-hydrogen) atoms. The Kier molecular flexibility index (Phi) is 1.94. The summed E-state index contributed by atoms with van der Waals surface area (Å²) in [6.07, 6.45) is 4.52. The molecule has 0 unspecified atom stereocenters. The second-order valence-electron chi connectivity index (χ2n) is 3.83. The van der Waals surface area contributed by atoms with E-state index in [-0.39, 0.29) is 11.8 Å². The number of carbonyl (C=O) groups is 1. The summed E-state index contributed by atoms with van der Waals surface area (Å²) in [5.74, 6) is 0.257. The standard InChI is InChI=1S/C10H14N2O/c1-7(2)12-10-8(6-11-12)4-3-5-9(10)13/h6-7H,3-5H2,1-2H3. The molecule has 0 aliphatic heterocycles. The van der Waals surface area contributed by atoms with Crippen molar-refractivity contribution in [1.29, 1.82) is 0 Å². The Morgan fingerprint density at radius 2 is 2.23 bits per heavy atom. The number of nitrogens with zero attached hydrogens (tertiary/aromatic N) is 2. The van der Waals surface area contributed by atoms with Gasteiger partial charge < -0.3 is 0 Å². The summed E-state index contributed by atoms with van der Waals surface area (Å²) >= 11 is 0. The first-order valence-electron chi connectivity index (χ1n) is 4.79. The van der Waals surface area contributed by atoms with Gasteiger partial charge in [-0.1, -0.05) is 0 Å². The van der Waals surface area contributed by atoms with E-state index >= 15 is 0 Å². The van der Waals surface area contributed by atoms with E-state index in [4.69, 9.17) is 0 Å². The zero-order valence-electron chi connectivity index (χ0n) is 8.08. The second kappa shape index (κ2) is 2.98. The third-order valence-corrected chi connectivity index (χ3v) is 2.47. The van der Waals surface area contributed by atoms with Gasteiger partial charge in [0.2, 0.25) is 0 Å². The van der Waals surface area contributed by atoms with E-state index in [0.717, 1.165) is 24.1 Å². The van der Waals surface area contributed by atoms with Crippen molar-refractivity contribution in [3.63, 3.8) is 0 Å². The van der Waals surface area contributed by atoms with Crippen molar-refractivity contribution in [1.82, 2.24) is 9.78 Å². The predicted octanol–water partition coefficient (Wildman–Crippen LogP) is 1.98. The van der Waals surface area contributed by atoms with Crippen molar-refractivity contribution in [2.75, 3.05) is 0 Å². The minimum absolute atomic E-state index is 0.257. The van der Waals surface area contributed by atoms with Crippen LogP contribution in [0.25, 0.3) is 0 Å². The smallest absolute Gasteiger partial charge is 0.181 e. The van der Waals surface area contributed by atoms with E-state index < -0.39 is 0 Å². The van der Waals surface area contributed by atoms with Gasteiger partial charge in [0.15, 0.2) is 5.78 Å². The summed E-state index contributed by atoms with van der Waals surface area (Å²) in [6.45, 7) is 4.10. The lowest BCUT2D eigenvalue weighted by Crippen LogP contribution is -2.17. The Morgan fingerprint density at radius 3 is 2.92 bits per heavy atom. The van der Waals surface area contributed by atoms with Crippen LogP contribution in [0.1, 0.15) is 48.8 Å². The minimum atomic E-state index is 0.257. The van der Waals surface area contributed by atoms with Gasteiger partial charge in [-0.25, -0.2) is 0 Å². The van der Waals surface area contributed by atoms with Gasteiger partial charge in [-0.3, -0.25) is 9.48 Å². The predicted molar refractivity (Wildman–Crippen MR) is 49.9 cm³/mol. The first kappa shape index (κ1) is 8.48. The molecule has 1 heterocycles. The number of rotatable bonds is 1. The number of fused-ring (bicyclic) bond motifs is 1. The third kappa shape index (κ3) is 1.28. The van der Waals surface area contributed by atoms with Crippen molar-refractivity contribution in [3.05, 3.63) is 17.5 Å². The van der Waals surface area contributed by atoms with Crippen molar-refractivity contribution in [3.8, 4) is 0 Å². The van der Waals surface area contributed by atoms with Crippen LogP contribution >= 0.6 is 0 Å².